The first-order valence-corrected chi connectivity index (χ1v) is 11.5. The second-order valence-corrected chi connectivity index (χ2v) is 7.83. The zero-order chi connectivity index (χ0) is 23.6. The van der Waals surface area contributed by atoms with Crippen molar-refractivity contribution in [1.82, 2.24) is 5.32 Å². The summed E-state index contributed by atoms with van der Waals surface area (Å²) in [5.41, 5.74) is 1.42. The van der Waals surface area contributed by atoms with Crippen LogP contribution in [-0.4, -0.2) is 38.3 Å². The van der Waals surface area contributed by atoms with Gasteiger partial charge in [-0.05, 0) is 51.0 Å². The highest BCUT2D eigenvalue weighted by molar-refractivity contribution is 6.05. The van der Waals surface area contributed by atoms with E-state index in [0.29, 0.717) is 47.4 Å². The van der Waals surface area contributed by atoms with Crippen molar-refractivity contribution in [1.29, 1.82) is 0 Å². The van der Waals surface area contributed by atoms with Gasteiger partial charge in [0.25, 0.3) is 5.91 Å². The van der Waals surface area contributed by atoms with Gasteiger partial charge in [-0.3, -0.25) is 4.79 Å². The van der Waals surface area contributed by atoms with Gasteiger partial charge >= 0.3 is 6.03 Å². The lowest BCUT2D eigenvalue weighted by Gasteiger charge is -2.23. The Balaban J connectivity index is 1.80. The predicted molar refractivity (Wildman–Crippen MR) is 129 cm³/mol. The molecule has 1 aliphatic carbocycles. The molecule has 0 unspecified atom stereocenters. The smallest absolute Gasteiger partial charge is 0.319 e. The number of amides is 3. The molecule has 0 heterocycles. The van der Waals surface area contributed by atoms with Crippen LogP contribution in [0.15, 0.2) is 36.4 Å². The van der Waals surface area contributed by atoms with Crippen molar-refractivity contribution in [3.63, 3.8) is 0 Å². The topological polar surface area (TPSA) is 97.9 Å². The second kappa shape index (κ2) is 12.0. The minimum absolute atomic E-state index is 0.184. The summed E-state index contributed by atoms with van der Waals surface area (Å²) in [6, 6.07) is 10.1. The molecule has 8 heteroatoms. The lowest BCUT2D eigenvalue weighted by atomic mass is 9.96. The van der Waals surface area contributed by atoms with Gasteiger partial charge < -0.3 is 30.2 Å². The van der Waals surface area contributed by atoms with Crippen molar-refractivity contribution in [2.24, 2.45) is 0 Å². The third-order valence-corrected chi connectivity index (χ3v) is 5.47. The highest BCUT2D eigenvalue weighted by Gasteiger charge is 2.19. The number of carbonyl (C=O) groups excluding carboxylic acids is 2. The van der Waals surface area contributed by atoms with Crippen molar-refractivity contribution in [2.45, 2.75) is 52.0 Å². The van der Waals surface area contributed by atoms with E-state index in [1.807, 2.05) is 13.8 Å². The van der Waals surface area contributed by atoms with Crippen LogP contribution in [0.3, 0.4) is 0 Å². The number of hydrogen-bond acceptors (Lipinski definition) is 5. The van der Waals surface area contributed by atoms with E-state index in [9.17, 15) is 9.59 Å². The third-order valence-electron chi connectivity index (χ3n) is 5.47. The fraction of sp³-hybridized carbons (Fsp3) is 0.440. The van der Waals surface area contributed by atoms with Gasteiger partial charge in [-0.1, -0.05) is 19.3 Å². The van der Waals surface area contributed by atoms with Gasteiger partial charge in [0, 0.05) is 23.7 Å². The molecule has 0 aromatic heterocycles. The maximum absolute atomic E-state index is 12.8. The Kier molecular flexibility index (Phi) is 8.80. The van der Waals surface area contributed by atoms with E-state index in [2.05, 4.69) is 16.0 Å². The molecule has 2 aromatic rings. The Morgan fingerprint density at radius 3 is 2.00 bits per heavy atom. The molecule has 0 spiro atoms. The Bertz CT molecular complexity index is 940. The van der Waals surface area contributed by atoms with Crippen LogP contribution >= 0.6 is 0 Å². The van der Waals surface area contributed by atoms with Gasteiger partial charge in [-0.15, -0.1) is 0 Å². The van der Waals surface area contributed by atoms with E-state index in [1.54, 1.807) is 43.5 Å². The number of methoxy groups -OCH3 is 1. The summed E-state index contributed by atoms with van der Waals surface area (Å²) in [6.07, 6.45) is 5.46. The maximum Gasteiger partial charge on any atom is 0.319 e. The number of ether oxygens (including phenoxy) is 3. The van der Waals surface area contributed by atoms with E-state index in [1.165, 1.54) is 6.42 Å². The number of anilines is 2. The molecule has 1 saturated carbocycles. The Hall–Kier alpha value is -3.42. The van der Waals surface area contributed by atoms with Gasteiger partial charge in [-0.25, -0.2) is 4.79 Å². The van der Waals surface area contributed by atoms with Crippen LogP contribution in [0.25, 0.3) is 0 Å². The number of carbonyl (C=O) groups is 2. The zero-order valence-corrected chi connectivity index (χ0v) is 19.5. The van der Waals surface area contributed by atoms with Crippen molar-refractivity contribution in [3.8, 4) is 17.2 Å². The fourth-order valence-corrected chi connectivity index (χ4v) is 3.83. The van der Waals surface area contributed by atoms with Crippen LogP contribution in [0.4, 0.5) is 16.2 Å². The molecule has 3 rings (SSSR count). The lowest BCUT2D eigenvalue weighted by Crippen LogP contribution is -2.39. The van der Waals surface area contributed by atoms with E-state index in [4.69, 9.17) is 14.2 Å². The van der Waals surface area contributed by atoms with Crippen LogP contribution in [0.5, 0.6) is 17.2 Å². The summed E-state index contributed by atoms with van der Waals surface area (Å²) >= 11 is 0. The summed E-state index contributed by atoms with van der Waals surface area (Å²) in [5.74, 6) is 1.26. The fourth-order valence-electron chi connectivity index (χ4n) is 3.83. The molecule has 3 amide bonds. The number of hydrogen-bond donors (Lipinski definition) is 3. The summed E-state index contributed by atoms with van der Waals surface area (Å²) < 4.78 is 16.7. The maximum atomic E-state index is 12.8. The molecule has 0 atom stereocenters. The van der Waals surface area contributed by atoms with E-state index < -0.39 is 0 Å². The van der Waals surface area contributed by atoms with Crippen molar-refractivity contribution < 1.29 is 23.8 Å². The summed E-state index contributed by atoms with van der Waals surface area (Å²) in [7, 11) is 1.57. The first kappa shape index (κ1) is 24.2. The molecule has 0 aliphatic heterocycles. The third kappa shape index (κ3) is 6.78. The first-order valence-electron chi connectivity index (χ1n) is 11.5. The number of nitrogens with one attached hydrogen (secondary N) is 3. The van der Waals surface area contributed by atoms with Crippen LogP contribution < -0.4 is 30.2 Å². The number of benzene rings is 2. The van der Waals surface area contributed by atoms with Crippen LogP contribution in [0.2, 0.25) is 0 Å². The lowest BCUT2D eigenvalue weighted by molar-refractivity contribution is 0.102. The molecule has 1 fully saturated rings. The van der Waals surface area contributed by atoms with Gasteiger partial charge in [0.05, 0.1) is 31.7 Å². The standard InChI is InChI=1S/C25H33N3O5/c1-4-32-22-16-21(28-25(30)26-18-9-7-6-8-10-18)23(33-5-2)15-20(22)27-24(29)17-11-13-19(31-3)14-12-17/h11-16,18H,4-10H2,1-3H3,(H,27,29)(H2,26,28,30). The molecule has 33 heavy (non-hydrogen) atoms. The molecular weight excluding hydrogens is 422 g/mol. The monoisotopic (exact) mass is 455 g/mol. The van der Waals surface area contributed by atoms with Crippen molar-refractivity contribution >= 4 is 23.3 Å². The Morgan fingerprint density at radius 1 is 0.879 bits per heavy atom. The number of rotatable bonds is 9. The van der Waals surface area contributed by atoms with E-state index in [-0.39, 0.29) is 18.0 Å². The largest absolute Gasteiger partial charge is 0.497 e. The van der Waals surface area contributed by atoms with Crippen molar-refractivity contribution in [3.05, 3.63) is 42.0 Å². The van der Waals surface area contributed by atoms with Crippen LogP contribution in [0, 0.1) is 0 Å². The van der Waals surface area contributed by atoms with Gasteiger partial charge in [0.2, 0.25) is 0 Å². The van der Waals surface area contributed by atoms with Gasteiger partial charge in [0.1, 0.15) is 17.2 Å². The zero-order valence-electron chi connectivity index (χ0n) is 19.5. The SMILES string of the molecule is CCOc1cc(NC(=O)c2ccc(OC)cc2)c(OCC)cc1NC(=O)NC1CCCCC1. The van der Waals surface area contributed by atoms with Gasteiger partial charge in [-0.2, -0.15) is 0 Å². The highest BCUT2D eigenvalue weighted by atomic mass is 16.5. The second-order valence-electron chi connectivity index (χ2n) is 7.83. The van der Waals surface area contributed by atoms with Gasteiger partial charge in [0.15, 0.2) is 0 Å². The molecule has 0 saturated heterocycles. The highest BCUT2D eigenvalue weighted by Crippen LogP contribution is 2.37. The quantitative estimate of drug-likeness (QED) is 0.483. The minimum atomic E-state index is -0.295. The summed E-state index contributed by atoms with van der Waals surface area (Å²) in [5, 5.41) is 8.81. The van der Waals surface area contributed by atoms with Crippen LogP contribution in [0.1, 0.15) is 56.3 Å². The molecule has 8 nitrogen and oxygen atoms in total. The summed E-state index contributed by atoms with van der Waals surface area (Å²) in [4.78, 5) is 25.4. The van der Waals surface area contributed by atoms with E-state index >= 15 is 0 Å². The van der Waals surface area contributed by atoms with Crippen molar-refractivity contribution in [2.75, 3.05) is 31.0 Å². The molecule has 3 N–H and O–H groups in total. The normalized spacial score (nSPS) is 13.7. The van der Waals surface area contributed by atoms with E-state index in [0.717, 1.165) is 25.7 Å². The minimum Gasteiger partial charge on any atom is -0.497 e. The predicted octanol–water partition coefficient (Wildman–Crippen LogP) is 5.20. The molecule has 178 valence electrons. The molecule has 2 aromatic carbocycles. The average molecular weight is 456 g/mol. The average Bonchev–Trinajstić information content (AvgIpc) is 2.82. The Morgan fingerprint density at radius 2 is 1.45 bits per heavy atom. The molecule has 1 aliphatic rings. The molecular formula is C25H33N3O5. The molecule has 0 radical (unpaired) electrons. The Labute approximate surface area is 195 Å². The summed E-state index contributed by atoms with van der Waals surface area (Å²) in [6.45, 7) is 4.51. The number of urea groups is 1. The first-order chi connectivity index (χ1) is 16.0. The van der Waals surface area contributed by atoms with Crippen LogP contribution in [-0.2, 0) is 0 Å². The molecule has 0 bridgehead atoms.